The number of aliphatic carboxylic acids is 1. The zero-order valence-electron chi connectivity index (χ0n) is 9.03. The molecule has 1 aliphatic rings. The van der Waals surface area contributed by atoms with Crippen LogP contribution in [0.5, 0.6) is 0 Å². The number of nitrogens with one attached hydrogen (secondary N) is 1. The van der Waals surface area contributed by atoms with Crippen molar-refractivity contribution >= 4 is 11.9 Å². The lowest BCUT2D eigenvalue weighted by Crippen LogP contribution is -2.48. The lowest BCUT2D eigenvalue weighted by atomic mass is 10.1. The highest BCUT2D eigenvalue weighted by molar-refractivity contribution is 5.84. The van der Waals surface area contributed by atoms with Crippen LogP contribution in [0, 0.1) is 0 Å². The Morgan fingerprint density at radius 1 is 1.33 bits per heavy atom. The minimum absolute atomic E-state index is 0.195. The smallest absolute Gasteiger partial charge is 0.322 e. The minimum atomic E-state index is -1.01. The van der Waals surface area contributed by atoms with Gasteiger partial charge in [-0.05, 0) is 32.9 Å². The first-order valence-corrected chi connectivity index (χ1v) is 5.35. The van der Waals surface area contributed by atoms with E-state index in [-0.39, 0.29) is 18.5 Å². The maximum absolute atomic E-state index is 11.5. The van der Waals surface area contributed by atoms with Crippen molar-refractivity contribution in [1.82, 2.24) is 10.2 Å². The molecule has 5 heteroatoms. The fraction of sp³-hybridized carbons (Fsp3) is 0.800. The number of rotatable bonds is 4. The molecule has 1 saturated heterocycles. The lowest BCUT2D eigenvalue weighted by molar-refractivity contribution is -0.138. The molecule has 1 rings (SSSR count). The molecule has 1 heterocycles. The molecule has 0 aromatic rings. The summed E-state index contributed by atoms with van der Waals surface area (Å²) in [5.41, 5.74) is 0. The first-order valence-electron chi connectivity index (χ1n) is 5.35. The standard InChI is InChI=1S/C10H18N2O3/c1-8(10(15)11-7-9(13)14)12-5-3-2-4-6-12/h8H,2-7H2,1H3,(H,11,15)(H,13,14). The molecule has 2 N–H and O–H groups in total. The molecule has 0 radical (unpaired) electrons. The van der Waals surface area contributed by atoms with E-state index in [2.05, 4.69) is 10.2 Å². The predicted octanol–water partition coefficient (Wildman–Crippen LogP) is 0.0616. The second-order valence-corrected chi connectivity index (χ2v) is 3.88. The van der Waals surface area contributed by atoms with E-state index in [0.717, 1.165) is 25.9 Å². The van der Waals surface area contributed by atoms with Gasteiger partial charge in [0.25, 0.3) is 0 Å². The molecule has 86 valence electrons. The molecule has 1 atom stereocenters. The van der Waals surface area contributed by atoms with Crippen molar-refractivity contribution < 1.29 is 14.7 Å². The molecule has 5 nitrogen and oxygen atoms in total. The molecular weight excluding hydrogens is 196 g/mol. The second kappa shape index (κ2) is 5.70. The summed E-state index contributed by atoms with van der Waals surface area (Å²) < 4.78 is 0. The van der Waals surface area contributed by atoms with E-state index in [1.807, 2.05) is 6.92 Å². The van der Waals surface area contributed by atoms with Gasteiger partial charge < -0.3 is 10.4 Å². The Hall–Kier alpha value is -1.10. The molecule has 0 bridgehead atoms. The van der Waals surface area contributed by atoms with Crippen molar-refractivity contribution in [3.8, 4) is 0 Å². The van der Waals surface area contributed by atoms with Crippen LogP contribution in [0.3, 0.4) is 0 Å². The van der Waals surface area contributed by atoms with Crippen LogP contribution in [0.4, 0.5) is 0 Å². The van der Waals surface area contributed by atoms with Crippen LogP contribution in [0.2, 0.25) is 0 Å². The molecule has 1 aliphatic heterocycles. The highest BCUT2D eigenvalue weighted by Crippen LogP contribution is 2.11. The van der Waals surface area contributed by atoms with Crippen molar-refractivity contribution in [3.63, 3.8) is 0 Å². The van der Waals surface area contributed by atoms with Gasteiger partial charge in [0, 0.05) is 0 Å². The van der Waals surface area contributed by atoms with Gasteiger partial charge in [0.1, 0.15) is 6.54 Å². The van der Waals surface area contributed by atoms with Gasteiger partial charge in [0.05, 0.1) is 6.04 Å². The molecule has 0 saturated carbocycles. The van der Waals surface area contributed by atoms with E-state index in [4.69, 9.17) is 5.11 Å². The van der Waals surface area contributed by atoms with E-state index in [1.165, 1.54) is 6.42 Å². The third kappa shape index (κ3) is 3.87. The summed E-state index contributed by atoms with van der Waals surface area (Å²) in [4.78, 5) is 23.9. The van der Waals surface area contributed by atoms with Crippen LogP contribution in [0.25, 0.3) is 0 Å². The Morgan fingerprint density at radius 2 is 1.93 bits per heavy atom. The zero-order chi connectivity index (χ0) is 11.3. The average molecular weight is 214 g/mol. The van der Waals surface area contributed by atoms with Gasteiger partial charge in [-0.3, -0.25) is 14.5 Å². The van der Waals surface area contributed by atoms with Crippen LogP contribution in [-0.4, -0.2) is 47.6 Å². The van der Waals surface area contributed by atoms with E-state index in [0.29, 0.717) is 0 Å². The van der Waals surface area contributed by atoms with Crippen molar-refractivity contribution in [2.45, 2.75) is 32.2 Å². The minimum Gasteiger partial charge on any atom is -0.480 e. The van der Waals surface area contributed by atoms with Gasteiger partial charge in [0.2, 0.25) is 5.91 Å². The van der Waals surface area contributed by atoms with Crippen molar-refractivity contribution in [2.24, 2.45) is 0 Å². The number of carboxylic acids is 1. The van der Waals surface area contributed by atoms with Crippen molar-refractivity contribution in [1.29, 1.82) is 0 Å². The molecule has 15 heavy (non-hydrogen) atoms. The van der Waals surface area contributed by atoms with E-state index in [1.54, 1.807) is 0 Å². The van der Waals surface area contributed by atoms with Gasteiger partial charge in [-0.1, -0.05) is 6.42 Å². The van der Waals surface area contributed by atoms with Gasteiger partial charge >= 0.3 is 5.97 Å². The highest BCUT2D eigenvalue weighted by Gasteiger charge is 2.22. The number of piperidine rings is 1. The topological polar surface area (TPSA) is 69.6 Å². The summed E-state index contributed by atoms with van der Waals surface area (Å²) in [6.07, 6.45) is 3.47. The second-order valence-electron chi connectivity index (χ2n) is 3.88. The Morgan fingerprint density at radius 3 is 2.47 bits per heavy atom. The number of hydrogen-bond acceptors (Lipinski definition) is 3. The number of likely N-dealkylation sites (tertiary alicyclic amines) is 1. The number of carbonyl (C=O) groups excluding carboxylic acids is 1. The highest BCUT2D eigenvalue weighted by atomic mass is 16.4. The third-order valence-corrected chi connectivity index (χ3v) is 2.73. The first kappa shape index (κ1) is 12.0. The maximum atomic E-state index is 11.5. The molecule has 0 aromatic heterocycles. The zero-order valence-corrected chi connectivity index (χ0v) is 9.03. The number of hydrogen-bond donors (Lipinski definition) is 2. The van der Waals surface area contributed by atoms with E-state index < -0.39 is 5.97 Å². The van der Waals surface area contributed by atoms with Gasteiger partial charge in [0.15, 0.2) is 0 Å². The summed E-state index contributed by atoms with van der Waals surface area (Å²) >= 11 is 0. The van der Waals surface area contributed by atoms with E-state index in [9.17, 15) is 9.59 Å². The van der Waals surface area contributed by atoms with Crippen LogP contribution >= 0.6 is 0 Å². The molecule has 0 spiro atoms. The largest absolute Gasteiger partial charge is 0.480 e. The maximum Gasteiger partial charge on any atom is 0.322 e. The first-order chi connectivity index (χ1) is 7.11. The van der Waals surface area contributed by atoms with Crippen molar-refractivity contribution in [2.75, 3.05) is 19.6 Å². The number of amides is 1. The normalized spacial score (nSPS) is 19.5. The Bertz CT molecular complexity index is 237. The molecule has 0 aliphatic carbocycles. The number of nitrogens with zero attached hydrogens (tertiary/aromatic N) is 1. The Labute approximate surface area is 89.4 Å². The van der Waals surface area contributed by atoms with Crippen LogP contribution in [0.15, 0.2) is 0 Å². The fourth-order valence-corrected chi connectivity index (χ4v) is 1.78. The average Bonchev–Trinajstić information content (AvgIpc) is 2.26. The summed E-state index contributed by atoms with van der Waals surface area (Å²) in [6, 6.07) is -0.218. The van der Waals surface area contributed by atoms with Gasteiger partial charge in [-0.15, -0.1) is 0 Å². The van der Waals surface area contributed by atoms with Crippen LogP contribution in [-0.2, 0) is 9.59 Å². The quantitative estimate of drug-likeness (QED) is 0.694. The molecule has 1 amide bonds. The summed E-state index contributed by atoms with van der Waals surface area (Å²) in [6.45, 7) is 3.39. The van der Waals surface area contributed by atoms with Crippen molar-refractivity contribution in [3.05, 3.63) is 0 Å². The number of carbonyl (C=O) groups is 2. The van der Waals surface area contributed by atoms with Crippen LogP contribution in [0.1, 0.15) is 26.2 Å². The number of carboxylic acid groups (broad SMARTS) is 1. The fourth-order valence-electron chi connectivity index (χ4n) is 1.78. The summed E-state index contributed by atoms with van der Waals surface area (Å²) in [7, 11) is 0. The monoisotopic (exact) mass is 214 g/mol. The third-order valence-electron chi connectivity index (χ3n) is 2.73. The predicted molar refractivity (Wildman–Crippen MR) is 55.5 cm³/mol. The molecular formula is C10H18N2O3. The summed E-state index contributed by atoms with van der Waals surface area (Å²) in [5, 5.41) is 10.8. The van der Waals surface area contributed by atoms with Gasteiger partial charge in [-0.2, -0.15) is 0 Å². The molecule has 0 aromatic carbocycles. The Kier molecular flexibility index (Phi) is 4.55. The SMILES string of the molecule is CC(C(=O)NCC(=O)O)N1CCCCC1. The molecule has 1 fully saturated rings. The van der Waals surface area contributed by atoms with E-state index >= 15 is 0 Å². The Balaban J connectivity index is 2.33. The lowest BCUT2D eigenvalue weighted by Gasteiger charge is -2.31. The van der Waals surface area contributed by atoms with Crippen LogP contribution < -0.4 is 5.32 Å². The van der Waals surface area contributed by atoms with Gasteiger partial charge in [-0.25, -0.2) is 0 Å². The molecule has 1 unspecified atom stereocenters. The summed E-state index contributed by atoms with van der Waals surface area (Å²) in [5.74, 6) is -1.20.